The van der Waals surface area contributed by atoms with Crippen molar-refractivity contribution in [1.29, 1.82) is 0 Å². The number of terminal acetylenes is 1. The highest BCUT2D eigenvalue weighted by atomic mass is 16.1. The fraction of sp³-hybridized carbons (Fsp3) is 0.438. The minimum Gasteiger partial charge on any atom is -0.370 e. The summed E-state index contributed by atoms with van der Waals surface area (Å²) >= 11 is 0. The number of rotatable bonds is 1. The zero-order valence-electron chi connectivity index (χ0n) is 12.1. The molecule has 0 spiro atoms. The molecule has 1 aromatic heterocycles. The van der Waals surface area contributed by atoms with Crippen molar-refractivity contribution in [2.75, 3.05) is 18.0 Å². The van der Waals surface area contributed by atoms with Gasteiger partial charge < -0.3 is 9.88 Å². The molecule has 1 aromatic rings. The van der Waals surface area contributed by atoms with E-state index in [0.29, 0.717) is 0 Å². The Bertz CT molecular complexity index is 421. The van der Waals surface area contributed by atoms with Crippen LogP contribution < -0.4 is 10.5 Å². The van der Waals surface area contributed by atoms with Gasteiger partial charge in [-0.25, -0.2) is 0 Å². The van der Waals surface area contributed by atoms with Crippen LogP contribution in [0.5, 0.6) is 0 Å². The second kappa shape index (κ2) is 10.0. The van der Waals surface area contributed by atoms with Gasteiger partial charge in [-0.1, -0.05) is 19.1 Å². The predicted octanol–water partition coefficient (Wildman–Crippen LogP) is 3.05. The average molecular weight is 260 g/mol. The van der Waals surface area contributed by atoms with Crippen LogP contribution in [0.15, 0.2) is 35.3 Å². The molecule has 0 amide bonds. The van der Waals surface area contributed by atoms with Gasteiger partial charge in [-0.15, -0.1) is 12.8 Å². The van der Waals surface area contributed by atoms with Crippen LogP contribution in [0.3, 0.4) is 0 Å². The summed E-state index contributed by atoms with van der Waals surface area (Å²) in [5.41, 5.74) is 1.10. The van der Waals surface area contributed by atoms with Gasteiger partial charge in [0.1, 0.15) is 0 Å². The minimum absolute atomic E-state index is 0.0315. The lowest BCUT2D eigenvalue weighted by molar-refractivity contribution is 0.659. The van der Waals surface area contributed by atoms with Crippen molar-refractivity contribution >= 4 is 5.69 Å². The summed E-state index contributed by atoms with van der Waals surface area (Å²) in [5, 5.41) is 0. The smallest absolute Gasteiger partial charge is 0.248 e. The summed E-state index contributed by atoms with van der Waals surface area (Å²) in [6.45, 7) is 8.46. The summed E-state index contributed by atoms with van der Waals surface area (Å²) in [6.07, 6.45) is 15.0. The molecule has 0 aliphatic carbocycles. The topological polar surface area (TPSA) is 36.1 Å². The van der Waals surface area contributed by atoms with E-state index in [1.54, 1.807) is 12.3 Å². The molecule has 3 heteroatoms. The van der Waals surface area contributed by atoms with Gasteiger partial charge in [-0.05, 0) is 32.3 Å². The van der Waals surface area contributed by atoms with Crippen molar-refractivity contribution in [3.05, 3.63) is 40.8 Å². The number of hydrogen-bond acceptors (Lipinski definition) is 2. The Morgan fingerprint density at radius 2 is 1.95 bits per heavy atom. The van der Waals surface area contributed by atoms with E-state index in [0.717, 1.165) is 24.7 Å². The fourth-order valence-corrected chi connectivity index (χ4v) is 1.77. The lowest BCUT2D eigenvalue weighted by Crippen LogP contribution is -2.20. The molecule has 1 atom stereocenters. The lowest BCUT2D eigenvalue weighted by Gasteiger charge is -2.17. The first-order valence-electron chi connectivity index (χ1n) is 6.51. The SMILES string of the molecule is C#C.C/C=C\C.C[C@H]1CCN(c2ccc(=O)[nH]c2)C1. The maximum atomic E-state index is 10.8. The highest BCUT2D eigenvalue weighted by Gasteiger charge is 2.18. The third kappa shape index (κ3) is 6.52. The molecule has 0 unspecified atom stereocenters. The van der Waals surface area contributed by atoms with Gasteiger partial charge in [-0.3, -0.25) is 4.79 Å². The summed E-state index contributed by atoms with van der Waals surface area (Å²) in [4.78, 5) is 15.8. The Morgan fingerprint density at radius 1 is 1.32 bits per heavy atom. The Balaban J connectivity index is 0.000000467. The molecule has 3 nitrogen and oxygen atoms in total. The molecule has 2 heterocycles. The zero-order valence-corrected chi connectivity index (χ0v) is 12.1. The number of nitrogens with one attached hydrogen (secondary N) is 1. The number of anilines is 1. The largest absolute Gasteiger partial charge is 0.370 e. The quantitative estimate of drug-likeness (QED) is 0.622. The summed E-state index contributed by atoms with van der Waals surface area (Å²) in [6, 6.07) is 3.47. The summed E-state index contributed by atoms with van der Waals surface area (Å²) < 4.78 is 0. The lowest BCUT2D eigenvalue weighted by atomic mass is 10.2. The van der Waals surface area contributed by atoms with Crippen molar-refractivity contribution < 1.29 is 0 Å². The number of aromatic nitrogens is 1. The molecule has 0 aromatic carbocycles. The van der Waals surface area contributed by atoms with E-state index in [4.69, 9.17) is 0 Å². The van der Waals surface area contributed by atoms with Crippen molar-refractivity contribution in [2.45, 2.75) is 27.2 Å². The Morgan fingerprint density at radius 3 is 2.32 bits per heavy atom. The molecule has 0 saturated carbocycles. The highest BCUT2D eigenvalue weighted by Crippen LogP contribution is 2.21. The number of nitrogens with zero attached hydrogens (tertiary/aromatic N) is 1. The van der Waals surface area contributed by atoms with Crippen LogP contribution in [-0.2, 0) is 0 Å². The number of H-pyrrole nitrogens is 1. The number of allylic oxidation sites excluding steroid dienone is 2. The van der Waals surface area contributed by atoms with Crippen LogP contribution in [0.25, 0.3) is 0 Å². The molecule has 1 aliphatic rings. The van der Waals surface area contributed by atoms with E-state index in [-0.39, 0.29) is 5.56 Å². The Hall–Kier alpha value is -1.95. The maximum Gasteiger partial charge on any atom is 0.248 e. The monoisotopic (exact) mass is 260 g/mol. The van der Waals surface area contributed by atoms with Gasteiger partial charge in [-0.2, -0.15) is 0 Å². The molecule has 0 radical (unpaired) electrons. The average Bonchev–Trinajstić information content (AvgIpc) is 2.89. The second-order valence-electron chi connectivity index (χ2n) is 4.42. The first kappa shape index (κ1) is 17.1. The fourth-order valence-electron chi connectivity index (χ4n) is 1.77. The van der Waals surface area contributed by atoms with Crippen LogP contribution in [0.1, 0.15) is 27.2 Å². The molecule has 1 N–H and O–H groups in total. The Kier molecular flexibility index (Phi) is 8.99. The van der Waals surface area contributed by atoms with E-state index < -0.39 is 0 Å². The molecule has 2 rings (SSSR count). The van der Waals surface area contributed by atoms with E-state index in [1.165, 1.54) is 6.42 Å². The van der Waals surface area contributed by atoms with Crippen molar-refractivity contribution in [3.8, 4) is 12.8 Å². The van der Waals surface area contributed by atoms with Gasteiger partial charge in [0.15, 0.2) is 0 Å². The third-order valence-electron chi connectivity index (χ3n) is 2.89. The standard InChI is InChI=1S/C10H14N2O.C4H8.C2H2/c1-8-4-5-12(7-8)9-2-3-10(13)11-6-9;1-3-4-2;1-2/h2-3,6,8H,4-5,7H2,1H3,(H,11,13);3-4H,1-2H3;1-2H/b;4-3-;/t8-;;/m0../s1. The van der Waals surface area contributed by atoms with Gasteiger partial charge in [0.2, 0.25) is 5.56 Å². The number of aromatic amines is 1. The van der Waals surface area contributed by atoms with Crippen LogP contribution in [0.4, 0.5) is 5.69 Å². The molecular formula is C16H24N2O. The van der Waals surface area contributed by atoms with Crippen LogP contribution in [0, 0.1) is 18.8 Å². The van der Waals surface area contributed by atoms with Crippen LogP contribution >= 0.6 is 0 Å². The normalized spacial score (nSPS) is 17.3. The second-order valence-corrected chi connectivity index (χ2v) is 4.42. The van der Waals surface area contributed by atoms with Crippen molar-refractivity contribution in [1.82, 2.24) is 4.98 Å². The summed E-state index contributed by atoms with van der Waals surface area (Å²) in [7, 11) is 0. The molecule has 19 heavy (non-hydrogen) atoms. The predicted molar refractivity (Wildman–Crippen MR) is 83.4 cm³/mol. The van der Waals surface area contributed by atoms with Crippen LogP contribution in [0.2, 0.25) is 0 Å². The highest BCUT2D eigenvalue weighted by molar-refractivity contribution is 5.44. The third-order valence-corrected chi connectivity index (χ3v) is 2.89. The molecule has 1 aliphatic heterocycles. The first-order valence-corrected chi connectivity index (χ1v) is 6.51. The van der Waals surface area contributed by atoms with E-state index in [1.807, 2.05) is 32.1 Å². The minimum atomic E-state index is -0.0315. The first-order chi connectivity index (χ1) is 9.17. The van der Waals surface area contributed by atoms with Crippen molar-refractivity contribution in [2.24, 2.45) is 5.92 Å². The summed E-state index contributed by atoms with van der Waals surface area (Å²) in [5.74, 6) is 0.770. The van der Waals surface area contributed by atoms with Crippen LogP contribution in [-0.4, -0.2) is 18.1 Å². The zero-order chi connectivity index (χ0) is 14.7. The number of pyridine rings is 1. The molecular weight excluding hydrogens is 236 g/mol. The van der Waals surface area contributed by atoms with Gasteiger partial charge >= 0.3 is 0 Å². The van der Waals surface area contributed by atoms with E-state index in [9.17, 15) is 4.79 Å². The maximum absolute atomic E-state index is 10.8. The van der Waals surface area contributed by atoms with E-state index >= 15 is 0 Å². The molecule has 104 valence electrons. The molecule has 0 bridgehead atoms. The van der Waals surface area contributed by atoms with Gasteiger partial charge in [0.25, 0.3) is 0 Å². The van der Waals surface area contributed by atoms with Gasteiger partial charge in [0.05, 0.1) is 5.69 Å². The van der Waals surface area contributed by atoms with E-state index in [2.05, 4.69) is 29.7 Å². The molecule has 1 fully saturated rings. The van der Waals surface area contributed by atoms with Crippen molar-refractivity contribution in [3.63, 3.8) is 0 Å². The number of hydrogen-bond donors (Lipinski definition) is 1. The Labute approximate surface area is 116 Å². The van der Waals surface area contributed by atoms with Gasteiger partial charge in [0, 0.05) is 25.4 Å². The molecule has 1 saturated heterocycles.